The molecule has 3 aromatic heterocycles. The highest BCUT2D eigenvalue weighted by Gasteiger charge is 2.19. The Morgan fingerprint density at radius 2 is 2.00 bits per heavy atom. The van der Waals surface area contributed by atoms with Crippen LogP contribution in [0.15, 0.2) is 29.4 Å². The van der Waals surface area contributed by atoms with Gasteiger partial charge in [-0.1, -0.05) is 23.9 Å². The number of rotatable bonds is 3. The first kappa shape index (κ1) is 14.1. The summed E-state index contributed by atoms with van der Waals surface area (Å²) in [5.41, 5.74) is 1.72. The van der Waals surface area contributed by atoms with Crippen LogP contribution in [0.3, 0.4) is 0 Å². The second-order valence-electron chi connectivity index (χ2n) is 5.23. The summed E-state index contributed by atoms with van der Waals surface area (Å²) < 4.78 is 3.46. The lowest BCUT2D eigenvalue weighted by Crippen LogP contribution is -2.04. The van der Waals surface area contributed by atoms with E-state index in [-0.39, 0.29) is 5.25 Å². The number of thioether (sulfide) groups is 1. The van der Waals surface area contributed by atoms with Gasteiger partial charge in [0.25, 0.3) is 0 Å². The number of fused-ring (bicyclic) bond motifs is 3. The first-order valence-corrected chi connectivity index (χ1v) is 8.02. The molecule has 0 spiro atoms. The van der Waals surface area contributed by atoms with E-state index in [1.165, 1.54) is 0 Å². The fourth-order valence-corrected chi connectivity index (χ4v) is 3.50. The molecule has 8 nitrogen and oxygen atoms in total. The Hall–Kier alpha value is -2.55. The van der Waals surface area contributed by atoms with Gasteiger partial charge in [0.15, 0.2) is 16.6 Å². The van der Waals surface area contributed by atoms with Crippen LogP contribution in [0.5, 0.6) is 0 Å². The molecule has 3 heterocycles. The Kier molecular flexibility index (Phi) is 3.22. The number of nitrogens with zero attached hydrogens (tertiary/aromatic N) is 8. The van der Waals surface area contributed by atoms with Crippen molar-refractivity contribution in [3.05, 3.63) is 35.9 Å². The van der Waals surface area contributed by atoms with E-state index in [2.05, 4.69) is 25.6 Å². The summed E-state index contributed by atoms with van der Waals surface area (Å²) in [6.45, 7) is 3.93. The van der Waals surface area contributed by atoms with Crippen LogP contribution in [0, 0.1) is 6.92 Å². The van der Waals surface area contributed by atoms with E-state index < -0.39 is 0 Å². The maximum absolute atomic E-state index is 4.74. The summed E-state index contributed by atoms with van der Waals surface area (Å²) in [6.07, 6.45) is 0. The van der Waals surface area contributed by atoms with Crippen LogP contribution in [0.25, 0.3) is 16.6 Å². The molecule has 0 saturated heterocycles. The van der Waals surface area contributed by atoms with Crippen molar-refractivity contribution in [1.29, 1.82) is 0 Å². The van der Waals surface area contributed by atoms with Gasteiger partial charge >= 0.3 is 0 Å². The third kappa shape index (κ3) is 2.33. The first-order valence-electron chi connectivity index (χ1n) is 7.14. The lowest BCUT2D eigenvalue weighted by atomic mass is 10.2. The van der Waals surface area contributed by atoms with Gasteiger partial charge < -0.3 is 0 Å². The topological polar surface area (TPSA) is 86.7 Å². The van der Waals surface area contributed by atoms with Crippen LogP contribution in [0.2, 0.25) is 0 Å². The van der Waals surface area contributed by atoms with Crippen LogP contribution in [0.4, 0.5) is 0 Å². The van der Waals surface area contributed by atoms with Gasteiger partial charge in [-0.05, 0) is 36.4 Å². The minimum Gasteiger partial charge on any atom is -0.232 e. The van der Waals surface area contributed by atoms with Crippen LogP contribution < -0.4 is 0 Å². The van der Waals surface area contributed by atoms with E-state index in [4.69, 9.17) is 4.98 Å². The molecule has 0 saturated carbocycles. The largest absolute Gasteiger partial charge is 0.232 e. The minimum atomic E-state index is 0.0383. The van der Waals surface area contributed by atoms with E-state index in [9.17, 15) is 0 Å². The molecule has 4 rings (SSSR count). The van der Waals surface area contributed by atoms with Crippen LogP contribution >= 0.6 is 11.8 Å². The number of tetrazole rings is 1. The highest BCUT2D eigenvalue weighted by atomic mass is 32.2. The summed E-state index contributed by atoms with van der Waals surface area (Å²) in [7, 11) is 1.83. The minimum absolute atomic E-state index is 0.0383. The van der Waals surface area contributed by atoms with Crippen LogP contribution in [-0.2, 0) is 7.05 Å². The zero-order valence-electron chi connectivity index (χ0n) is 12.9. The molecule has 4 aromatic rings. The molecule has 23 heavy (non-hydrogen) atoms. The number of benzene rings is 1. The quantitative estimate of drug-likeness (QED) is 0.420. The average molecular weight is 326 g/mol. The van der Waals surface area contributed by atoms with Crippen molar-refractivity contribution in [2.45, 2.75) is 24.3 Å². The molecule has 1 unspecified atom stereocenters. The molecule has 0 aliphatic rings. The fraction of sp³-hybridized carbons (Fsp3) is 0.286. The predicted octanol–water partition coefficient (Wildman–Crippen LogP) is 1.96. The number of aromatic nitrogens is 8. The standard InChI is InChI=1S/C14H14N8S/c1-8(12-17-19-20-21(12)3)23-14-16-11-7-5-4-6-10(11)13-15-9(2)18-22(13)14/h4-8H,1-3H3. The maximum Gasteiger partial charge on any atom is 0.192 e. The number of hydrogen-bond acceptors (Lipinski definition) is 7. The smallest absolute Gasteiger partial charge is 0.192 e. The van der Waals surface area contributed by atoms with E-state index in [0.29, 0.717) is 0 Å². The number of hydrogen-bond donors (Lipinski definition) is 0. The van der Waals surface area contributed by atoms with Crippen molar-refractivity contribution in [2.75, 3.05) is 0 Å². The van der Waals surface area contributed by atoms with Gasteiger partial charge in [-0.3, -0.25) is 0 Å². The van der Waals surface area contributed by atoms with Gasteiger partial charge in [0, 0.05) is 12.4 Å². The lowest BCUT2D eigenvalue weighted by Gasteiger charge is -2.10. The number of para-hydroxylation sites is 1. The molecular weight excluding hydrogens is 312 g/mol. The molecule has 0 fully saturated rings. The fourth-order valence-electron chi connectivity index (χ4n) is 2.50. The Morgan fingerprint density at radius 1 is 1.17 bits per heavy atom. The van der Waals surface area contributed by atoms with Crippen LogP contribution in [0.1, 0.15) is 23.8 Å². The van der Waals surface area contributed by atoms with Crippen molar-refractivity contribution in [3.8, 4) is 0 Å². The van der Waals surface area contributed by atoms with Crippen LogP contribution in [-0.4, -0.2) is 39.8 Å². The van der Waals surface area contributed by atoms with Gasteiger partial charge in [-0.15, -0.1) is 10.2 Å². The number of aryl methyl sites for hydroxylation is 2. The normalized spacial score (nSPS) is 13.0. The van der Waals surface area contributed by atoms with Crippen molar-refractivity contribution < 1.29 is 0 Å². The molecule has 1 aromatic carbocycles. The Bertz CT molecular complexity index is 1000. The van der Waals surface area contributed by atoms with E-state index >= 15 is 0 Å². The second kappa shape index (κ2) is 5.27. The summed E-state index contributed by atoms with van der Waals surface area (Å²) in [5.74, 6) is 1.51. The van der Waals surface area contributed by atoms with Crippen molar-refractivity contribution in [1.82, 2.24) is 39.8 Å². The zero-order chi connectivity index (χ0) is 16.0. The summed E-state index contributed by atoms with van der Waals surface area (Å²) >= 11 is 1.56. The third-order valence-corrected chi connectivity index (χ3v) is 4.59. The van der Waals surface area contributed by atoms with Gasteiger partial charge in [-0.25, -0.2) is 14.6 Å². The van der Waals surface area contributed by atoms with E-state index in [1.54, 1.807) is 21.0 Å². The Balaban J connectivity index is 1.86. The Morgan fingerprint density at radius 3 is 2.78 bits per heavy atom. The van der Waals surface area contributed by atoms with E-state index in [1.807, 2.05) is 45.2 Å². The molecule has 0 bridgehead atoms. The van der Waals surface area contributed by atoms with Gasteiger partial charge in [0.1, 0.15) is 5.82 Å². The molecule has 0 amide bonds. The highest BCUT2D eigenvalue weighted by molar-refractivity contribution is 7.99. The second-order valence-corrected chi connectivity index (χ2v) is 6.53. The Labute approximate surface area is 135 Å². The third-order valence-electron chi connectivity index (χ3n) is 3.55. The molecule has 1 atom stereocenters. The van der Waals surface area contributed by atoms with Crippen molar-refractivity contribution in [3.63, 3.8) is 0 Å². The maximum atomic E-state index is 4.74. The molecule has 0 aliphatic heterocycles. The molecular formula is C14H14N8S. The zero-order valence-corrected chi connectivity index (χ0v) is 13.7. The van der Waals surface area contributed by atoms with Crippen molar-refractivity contribution >= 4 is 28.3 Å². The molecule has 0 aliphatic carbocycles. The SMILES string of the molecule is Cc1nc2c3ccccc3nc(SC(C)c3nnnn3C)n2n1. The van der Waals surface area contributed by atoms with Crippen molar-refractivity contribution in [2.24, 2.45) is 7.05 Å². The summed E-state index contributed by atoms with van der Waals surface area (Å²) in [4.78, 5) is 9.28. The molecule has 116 valence electrons. The molecule has 9 heteroatoms. The molecule has 0 N–H and O–H groups in total. The predicted molar refractivity (Wildman–Crippen MR) is 86.1 cm³/mol. The lowest BCUT2D eigenvalue weighted by molar-refractivity contribution is 0.677. The summed E-state index contributed by atoms with van der Waals surface area (Å²) in [5, 5.41) is 17.9. The molecule has 0 radical (unpaired) electrons. The van der Waals surface area contributed by atoms with Gasteiger partial charge in [-0.2, -0.15) is 4.52 Å². The average Bonchev–Trinajstić information content (AvgIpc) is 3.13. The van der Waals surface area contributed by atoms with Gasteiger partial charge in [0.05, 0.1) is 10.8 Å². The monoisotopic (exact) mass is 326 g/mol. The highest BCUT2D eigenvalue weighted by Crippen LogP contribution is 2.33. The van der Waals surface area contributed by atoms with E-state index in [0.717, 1.165) is 33.4 Å². The first-order chi connectivity index (χ1) is 11.1. The summed E-state index contributed by atoms with van der Waals surface area (Å²) in [6, 6.07) is 7.95. The van der Waals surface area contributed by atoms with Gasteiger partial charge in [0.2, 0.25) is 0 Å².